The van der Waals surface area contributed by atoms with Crippen LogP contribution in [0.5, 0.6) is 0 Å². The van der Waals surface area contributed by atoms with Gasteiger partial charge in [-0.2, -0.15) is 0 Å². The molecule has 56 valence electrons. The fourth-order valence-corrected chi connectivity index (χ4v) is 0.806. The molecule has 3 N–H and O–H groups in total. The summed E-state index contributed by atoms with van der Waals surface area (Å²) in [5.41, 5.74) is 5.17. The van der Waals surface area contributed by atoms with E-state index in [9.17, 15) is 9.59 Å². The Bertz CT molecular complexity index is 178. The Morgan fingerprint density at radius 2 is 2.40 bits per heavy atom. The van der Waals surface area contributed by atoms with Gasteiger partial charge in [-0.1, -0.05) is 0 Å². The predicted octanol–water partition coefficient (Wildman–Crippen LogP) is -0.623. The van der Waals surface area contributed by atoms with Gasteiger partial charge in [0.15, 0.2) is 0 Å². The fourth-order valence-electron chi connectivity index (χ4n) is 0.806. The van der Waals surface area contributed by atoms with E-state index in [0.717, 1.165) is 0 Å². The molecule has 0 bridgehead atoms. The maximum Gasteiger partial charge on any atom is 0.320 e. The van der Waals surface area contributed by atoms with E-state index in [0.29, 0.717) is 12.8 Å². The molecule has 0 spiro atoms. The lowest BCUT2D eigenvalue weighted by Gasteiger charge is -2.01. The first kappa shape index (κ1) is 7.21. The van der Waals surface area contributed by atoms with Gasteiger partial charge >= 0.3 is 5.97 Å². The summed E-state index contributed by atoms with van der Waals surface area (Å²) in [6, 6.07) is -0.864. The lowest BCUT2D eigenvalue weighted by atomic mass is 10.1. The number of ketones is 1. The van der Waals surface area contributed by atoms with E-state index in [1.165, 1.54) is 0 Å². The number of carbonyl (C=O) groups excluding carboxylic acids is 1. The second-order valence-corrected chi connectivity index (χ2v) is 2.55. The molecule has 1 aliphatic rings. The van der Waals surface area contributed by atoms with Crippen LogP contribution in [0.25, 0.3) is 0 Å². The van der Waals surface area contributed by atoms with Crippen molar-refractivity contribution < 1.29 is 14.7 Å². The standard InChI is InChI=1S/C6H9NO3/c7-4(6(9)10)1-3-2-5(3)8/h3-4H,1-2,7H2,(H,9,10)/t3?,4-/m0/s1. The monoisotopic (exact) mass is 143 g/mol. The molecular weight excluding hydrogens is 134 g/mol. The largest absolute Gasteiger partial charge is 0.480 e. The van der Waals surface area contributed by atoms with Crippen molar-refractivity contribution in [2.24, 2.45) is 11.7 Å². The molecule has 4 nitrogen and oxygen atoms in total. The Morgan fingerprint density at radius 3 is 2.70 bits per heavy atom. The van der Waals surface area contributed by atoms with E-state index in [4.69, 9.17) is 10.8 Å². The van der Waals surface area contributed by atoms with Crippen LogP contribution in [0.3, 0.4) is 0 Å². The first-order chi connectivity index (χ1) is 4.61. The number of carboxylic acids is 1. The van der Waals surface area contributed by atoms with Crippen LogP contribution in [0.4, 0.5) is 0 Å². The molecule has 4 heteroatoms. The molecule has 0 aromatic rings. The Hall–Kier alpha value is -0.900. The quantitative estimate of drug-likeness (QED) is 0.551. The van der Waals surface area contributed by atoms with Crippen LogP contribution in [-0.2, 0) is 9.59 Å². The first-order valence-electron chi connectivity index (χ1n) is 3.12. The third-order valence-corrected chi connectivity index (χ3v) is 1.60. The molecule has 0 heterocycles. The highest BCUT2D eigenvalue weighted by Crippen LogP contribution is 2.28. The van der Waals surface area contributed by atoms with Crippen LogP contribution in [0.15, 0.2) is 0 Å². The van der Waals surface area contributed by atoms with E-state index < -0.39 is 12.0 Å². The zero-order valence-corrected chi connectivity index (χ0v) is 5.41. The number of hydrogen-bond donors (Lipinski definition) is 2. The van der Waals surface area contributed by atoms with E-state index in [2.05, 4.69) is 0 Å². The van der Waals surface area contributed by atoms with Gasteiger partial charge in [0.25, 0.3) is 0 Å². The maximum absolute atomic E-state index is 10.4. The summed E-state index contributed by atoms with van der Waals surface area (Å²) < 4.78 is 0. The van der Waals surface area contributed by atoms with Gasteiger partial charge < -0.3 is 10.8 Å². The van der Waals surface area contributed by atoms with Crippen LogP contribution in [0, 0.1) is 5.92 Å². The van der Waals surface area contributed by atoms with Crippen LogP contribution < -0.4 is 5.73 Å². The van der Waals surface area contributed by atoms with Gasteiger partial charge in [-0.3, -0.25) is 9.59 Å². The smallest absolute Gasteiger partial charge is 0.320 e. The number of rotatable bonds is 3. The van der Waals surface area contributed by atoms with Gasteiger partial charge in [-0.25, -0.2) is 0 Å². The van der Waals surface area contributed by atoms with Crippen molar-refractivity contribution in [3.63, 3.8) is 0 Å². The van der Waals surface area contributed by atoms with E-state index >= 15 is 0 Å². The minimum absolute atomic E-state index is 0.0638. The van der Waals surface area contributed by atoms with Crippen molar-refractivity contribution in [2.75, 3.05) is 0 Å². The van der Waals surface area contributed by atoms with Crippen molar-refractivity contribution in [1.82, 2.24) is 0 Å². The molecule has 1 rings (SSSR count). The van der Waals surface area contributed by atoms with Crippen molar-refractivity contribution >= 4 is 11.8 Å². The Labute approximate surface area is 58.0 Å². The Balaban J connectivity index is 2.25. The minimum Gasteiger partial charge on any atom is -0.480 e. The van der Waals surface area contributed by atoms with Gasteiger partial charge in [0.1, 0.15) is 11.8 Å². The molecular formula is C6H9NO3. The average molecular weight is 143 g/mol. The lowest BCUT2D eigenvalue weighted by molar-refractivity contribution is -0.138. The first-order valence-corrected chi connectivity index (χ1v) is 3.12. The average Bonchev–Trinajstić information content (AvgIpc) is 2.46. The highest BCUT2D eigenvalue weighted by atomic mass is 16.4. The van der Waals surface area contributed by atoms with Crippen molar-refractivity contribution in [3.8, 4) is 0 Å². The number of carboxylic acid groups (broad SMARTS) is 1. The van der Waals surface area contributed by atoms with Gasteiger partial charge in [0.2, 0.25) is 0 Å². The normalized spacial score (nSPS) is 26.1. The van der Waals surface area contributed by atoms with Crippen LogP contribution in [0.2, 0.25) is 0 Å². The third kappa shape index (κ3) is 1.54. The molecule has 1 saturated carbocycles. The molecule has 1 unspecified atom stereocenters. The van der Waals surface area contributed by atoms with E-state index in [-0.39, 0.29) is 11.7 Å². The molecule has 1 fully saturated rings. The van der Waals surface area contributed by atoms with Gasteiger partial charge in [0, 0.05) is 12.3 Å². The zero-order valence-electron chi connectivity index (χ0n) is 5.41. The van der Waals surface area contributed by atoms with Crippen molar-refractivity contribution in [3.05, 3.63) is 0 Å². The fraction of sp³-hybridized carbons (Fsp3) is 0.667. The van der Waals surface area contributed by atoms with Gasteiger partial charge in [0.05, 0.1) is 0 Å². The number of carbonyl (C=O) groups is 2. The lowest BCUT2D eigenvalue weighted by Crippen LogP contribution is -2.30. The van der Waals surface area contributed by atoms with E-state index in [1.54, 1.807) is 0 Å². The number of aliphatic carboxylic acids is 1. The second kappa shape index (κ2) is 2.38. The number of hydrogen-bond acceptors (Lipinski definition) is 3. The van der Waals surface area contributed by atoms with Crippen LogP contribution >= 0.6 is 0 Å². The summed E-state index contributed by atoms with van der Waals surface area (Å²) in [6.07, 6.45) is 0.815. The third-order valence-electron chi connectivity index (χ3n) is 1.60. The minimum atomic E-state index is -1.03. The summed E-state index contributed by atoms with van der Waals surface area (Å²) in [5, 5.41) is 8.31. The molecule has 10 heavy (non-hydrogen) atoms. The van der Waals surface area contributed by atoms with Crippen molar-refractivity contribution in [1.29, 1.82) is 0 Å². The maximum atomic E-state index is 10.4. The molecule has 0 amide bonds. The summed E-state index contributed by atoms with van der Waals surface area (Å²) in [6.45, 7) is 0. The molecule has 2 atom stereocenters. The molecule has 0 saturated heterocycles. The molecule has 0 aliphatic heterocycles. The highest BCUT2D eigenvalue weighted by molar-refractivity contribution is 5.96. The second-order valence-electron chi connectivity index (χ2n) is 2.55. The summed E-state index contributed by atoms with van der Waals surface area (Å²) in [4.78, 5) is 20.5. The Kier molecular flexibility index (Phi) is 1.72. The molecule has 0 aromatic carbocycles. The summed E-state index contributed by atoms with van der Waals surface area (Å²) >= 11 is 0. The zero-order chi connectivity index (χ0) is 7.72. The number of nitrogens with two attached hydrogens (primary N) is 1. The SMILES string of the molecule is N[C@@H](CC1CC1=O)C(=O)O. The summed E-state index contributed by atoms with van der Waals surface area (Å²) in [5.74, 6) is -0.956. The molecule has 0 aromatic heterocycles. The molecule has 1 aliphatic carbocycles. The van der Waals surface area contributed by atoms with Gasteiger partial charge in [-0.05, 0) is 6.42 Å². The topological polar surface area (TPSA) is 80.4 Å². The Morgan fingerprint density at radius 1 is 1.90 bits per heavy atom. The van der Waals surface area contributed by atoms with Crippen molar-refractivity contribution in [2.45, 2.75) is 18.9 Å². The van der Waals surface area contributed by atoms with Gasteiger partial charge in [-0.15, -0.1) is 0 Å². The van der Waals surface area contributed by atoms with E-state index in [1.807, 2.05) is 0 Å². The molecule has 0 radical (unpaired) electrons. The highest BCUT2D eigenvalue weighted by Gasteiger charge is 2.36. The predicted molar refractivity (Wildman–Crippen MR) is 33.3 cm³/mol. The summed E-state index contributed by atoms with van der Waals surface area (Å²) in [7, 11) is 0. The van der Waals surface area contributed by atoms with Crippen LogP contribution in [0.1, 0.15) is 12.8 Å². The van der Waals surface area contributed by atoms with Crippen LogP contribution in [-0.4, -0.2) is 22.9 Å². The number of Topliss-reactive ketones (excluding diaryl/α,β-unsaturated/α-hetero) is 1.